The van der Waals surface area contributed by atoms with Gasteiger partial charge in [-0.1, -0.05) is 82.9 Å². The Morgan fingerprint density at radius 2 is 1.69 bits per heavy atom. The molecule has 0 aliphatic rings. The van der Waals surface area contributed by atoms with Gasteiger partial charge in [0.2, 0.25) is 0 Å². The van der Waals surface area contributed by atoms with E-state index in [1.165, 1.54) is 0 Å². The number of unbranched alkanes of at least 4 members (excludes halogenated alkanes) is 1. The fraction of sp³-hybridized carbons (Fsp3) is 0.613. The van der Waals surface area contributed by atoms with Crippen LogP contribution >= 0.6 is 0 Å². The zero-order chi connectivity index (χ0) is 29.8. The summed E-state index contributed by atoms with van der Waals surface area (Å²) in [7, 11) is 1.70. The Hall–Kier alpha value is -2.22. The van der Waals surface area contributed by atoms with Gasteiger partial charge in [-0.2, -0.15) is 26.3 Å². The molecular weight excluding hydrogens is 514 g/mol. The summed E-state index contributed by atoms with van der Waals surface area (Å²) in [6.45, 7) is 12.5. The molecule has 3 unspecified atom stereocenters. The van der Waals surface area contributed by atoms with E-state index in [1.54, 1.807) is 31.0 Å². The summed E-state index contributed by atoms with van der Waals surface area (Å²) in [6, 6.07) is 1.36. The van der Waals surface area contributed by atoms with Crippen LogP contribution < -0.4 is 5.32 Å². The van der Waals surface area contributed by atoms with Crippen molar-refractivity contribution in [1.82, 2.24) is 10.2 Å². The molecule has 0 amide bonds. The van der Waals surface area contributed by atoms with Crippen molar-refractivity contribution in [3.05, 3.63) is 70.5 Å². The van der Waals surface area contributed by atoms with E-state index < -0.39 is 29.5 Å². The maximum atomic E-state index is 14.1. The molecular formula is C31H46F6N2. The second-order valence-electron chi connectivity index (χ2n) is 10.5. The summed E-state index contributed by atoms with van der Waals surface area (Å²) < 4.78 is 82.1. The molecule has 0 aliphatic carbocycles. The van der Waals surface area contributed by atoms with Crippen LogP contribution in [0.15, 0.2) is 53.8 Å². The number of rotatable bonds is 15. The van der Waals surface area contributed by atoms with Gasteiger partial charge < -0.3 is 5.32 Å². The zero-order valence-electron chi connectivity index (χ0n) is 24.4. The van der Waals surface area contributed by atoms with E-state index in [0.717, 1.165) is 56.4 Å². The van der Waals surface area contributed by atoms with Gasteiger partial charge >= 0.3 is 12.4 Å². The second-order valence-corrected chi connectivity index (χ2v) is 10.5. The number of hydrogen-bond acceptors (Lipinski definition) is 2. The summed E-state index contributed by atoms with van der Waals surface area (Å²) in [5.74, 6) is 0.573. The summed E-state index contributed by atoms with van der Waals surface area (Å²) >= 11 is 0. The number of benzene rings is 1. The molecule has 0 spiro atoms. The van der Waals surface area contributed by atoms with Crippen LogP contribution in [-0.2, 0) is 12.4 Å². The first kappa shape index (κ1) is 34.8. The predicted molar refractivity (Wildman–Crippen MR) is 149 cm³/mol. The van der Waals surface area contributed by atoms with Crippen LogP contribution in [0.4, 0.5) is 26.3 Å². The maximum Gasteiger partial charge on any atom is 0.416 e. The summed E-state index contributed by atoms with van der Waals surface area (Å²) in [4.78, 5) is 1.74. The van der Waals surface area contributed by atoms with Crippen LogP contribution in [0.25, 0.3) is 0 Å². The fourth-order valence-electron chi connectivity index (χ4n) is 4.61. The molecule has 1 aromatic carbocycles. The highest BCUT2D eigenvalue weighted by molar-refractivity contribution is 5.41. The Balaban J connectivity index is 3.42. The van der Waals surface area contributed by atoms with E-state index in [0.29, 0.717) is 24.1 Å². The first-order valence-electron chi connectivity index (χ1n) is 13.9. The van der Waals surface area contributed by atoms with Gasteiger partial charge in [-0.3, -0.25) is 4.90 Å². The molecule has 1 aromatic rings. The van der Waals surface area contributed by atoms with Crippen molar-refractivity contribution in [2.24, 2.45) is 5.92 Å². The molecule has 1 rings (SSSR count). The highest BCUT2D eigenvalue weighted by Gasteiger charge is 2.40. The highest BCUT2D eigenvalue weighted by Crippen LogP contribution is 2.42. The molecule has 0 bridgehead atoms. The van der Waals surface area contributed by atoms with Crippen molar-refractivity contribution in [1.29, 1.82) is 0 Å². The van der Waals surface area contributed by atoms with Gasteiger partial charge in [-0.05, 0) is 63.8 Å². The molecule has 8 heteroatoms. The van der Waals surface area contributed by atoms with Crippen LogP contribution in [0.5, 0.6) is 0 Å². The van der Waals surface area contributed by atoms with Crippen molar-refractivity contribution < 1.29 is 26.3 Å². The number of alkyl halides is 6. The minimum atomic E-state index is -4.94. The van der Waals surface area contributed by atoms with Crippen LogP contribution in [0.2, 0.25) is 0 Å². The average molecular weight is 561 g/mol. The zero-order valence-corrected chi connectivity index (χ0v) is 24.4. The Kier molecular flexibility index (Phi) is 14.4. The number of hydrogen-bond donors (Lipinski definition) is 1. The molecule has 0 saturated carbocycles. The quantitative estimate of drug-likeness (QED) is 0.170. The van der Waals surface area contributed by atoms with Crippen molar-refractivity contribution in [2.75, 3.05) is 13.6 Å². The molecule has 1 N–H and O–H groups in total. The summed E-state index contributed by atoms with van der Waals surface area (Å²) in [6.07, 6.45) is 3.61. The Morgan fingerprint density at radius 1 is 1.03 bits per heavy atom. The third-order valence-corrected chi connectivity index (χ3v) is 6.99. The fourth-order valence-corrected chi connectivity index (χ4v) is 4.61. The molecule has 0 aliphatic heterocycles. The van der Waals surface area contributed by atoms with E-state index in [4.69, 9.17) is 0 Å². The Morgan fingerprint density at radius 3 is 2.23 bits per heavy atom. The lowest BCUT2D eigenvalue weighted by atomic mass is 9.91. The molecule has 39 heavy (non-hydrogen) atoms. The SMILES string of the molecule is CC/C=C\C=C(/C)C(c1ccc(C(F)(F)F)cc1C(F)(F)F)N(C)C/C=C(\C)NC(CCCC)CC(C)CC. The van der Waals surface area contributed by atoms with Crippen LogP contribution in [-0.4, -0.2) is 24.5 Å². The van der Waals surface area contributed by atoms with Crippen LogP contribution in [0.3, 0.4) is 0 Å². The normalized spacial score (nSPS) is 16.2. The molecule has 2 nitrogen and oxygen atoms in total. The van der Waals surface area contributed by atoms with Gasteiger partial charge in [0.1, 0.15) is 0 Å². The van der Waals surface area contributed by atoms with Crippen LogP contribution in [0, 0.1) is 5.92 Å². The number of allylic oxidation sites excluding steroid dienone is 4. The first-order chi connectivity index (χ1) is 18.1. The highest BCUT2D eigenvalue weighted by atomic mass is 19.4. The lowest BCUT2D eigenvalue weighted by Gasteiger charge is -2.31. The topological polar surface area (TPSA) is 15.3 Å². The Bertz CT molecular complexity index is 959. The van der Waals surface area contributed by atoms with E-state index >= 15 is 0 Å². The molecule has 3 atom stereocenters. The van der Waals surface area contributed by atoms with Gasteiger partial charge in [0, 0.05) is 18.3 Å². The number of nitrogens with zero attached hydrogens (tertiary/aromatic N) is 1. The average Bonchev–Trinajstić information content (AvgIpc) is 2.85. The maximum absolute atomic E-state index is 14.1. The third kappa shape index (κ3) is 11.8. The van der Waals surface area contributed by atoms with Gasteiger partial charge in [-0.25, -0.2) is 0 Å². The number of likely N-dealkylation sites (N-methyl/N-ethyl adjacent to an activating group) is 1. The molecule has 0 fully saturated rings. The van der Waals surface area contributed by atoms with Gasteiger partial charge in [0.05, 0.1) is 17.2 Å². The molecule has 222 valence electrons. The van der Waals surface area contributed by atoms with Crippen LogP contribution in [0.1, 0.15) is 103 Å². The largest absolute Gasteiger partial charge is 0.416 e. The smallest absolute Gasteiger partial charge is 0.386 e. The Labute approximate surface area is 231 Å². The molecule has 0 radical (unpaired) electrons. The van der Waals surface area contributed by atoms with E-state index in [9.17, 15) is 26.3 Å². The van der Waals surface area contributed by atoms with Crippen molar-refractivity contribution in [3.63, 3.8) is 0 Å². The van der Waals surface area contributed by atoms with Crippen molar-refractivity contribution in [2.45, 2.75) is 105 Å². The van der Waals surface area contributed by atoms with E-state index in [-0.39, 0.29) is 11.6 Å². The monoisotopic (exact) mass is 560 g/mol. The second kappa shape index (κ2) is 16.1. The number of halogens is 6. The minimum Gasteiger partial charge on any atom is -0.386 e. The van der Waals surface area contributed by atoms with Crippen molar-refractivity contribution in [3.8, 4) is 0 Å². The minimum absolute atomic E-state index is 0.201. The van der Waals surface area contributed by atoms with E-state index in [1.807, 2.05) is 26.0 Å². The molecule has 0 saturated heterocycles. The summed E-state index contributed by atoms with van der Waals surface area (Å²) in [5, 5.41) is 3.59. The lowest BCUT2D eigenvalue weighted by Crippen LogP contribution is -2.31. The third-order valence-electron chi connectivity index (χ3n) is 6.99. The number of nitrogens with one attached hydrogen (secondary N) is 1. The summed E-state index contributed by atoms with van der Waals surface area (Å²) in [5.41, 5.74) is -1.25. The van der Waals surface area contributed by atoms with E-state index in [2.05, 4.69) is 26.1 Å². The van der Waals surface area contributed by atoms with Gasteiger partial charge in [0.15, 0.2) is 0 Å². The van der Waals surface area contributed by atoms with Gasteiger partial charge in [0.25, 0.3) is 0 Å². The first-order valence-corrected chi connectivity index (χ1v) is 13.9. The van der Waals surface area contributed by atoms with Gasteiger partial charge in [-0.15, -0.1) is 0 Å². The van der Waals surface area contributed by atoms with Crippen molar-refractivity contribution >= 4 is 0 Å². The molecule has 0 heterocycles. The molecule has 0 aromatic heterocycles. The predicted octanol–water partition coefficient (Wildman–Crippen LogP) is 10.1. The standard InChI is InChI=1S/C31H46F6N2/c1-8-11-13-14-23(5)29(27-17-16-25(30(32,33)34)21-28(27)31(35,36)37)39(7)19-18-24(6)38-26(15-12-9-2)20-22(4)10-3/h11,13-14,16-18,21-22,26,29,38H,8-10,12,15,19-20H2,1-7H3/b13-11-,23-14+,24-18+. The lowest BCUT2D eigenvalue weighted by molar-refractivity contribution is -0.143.